The largest absolute Gasteiger partial charge is 0.491 e. The highest BCUT2D eigenvalue weighted by Crippen LogP contribution is 2.13. The van der Waals surface area contributed by atoms with E-state index in [1.807, 2.05) is 51.1 Å². The molecule has 3 unspecified atom stereocenters. The number of hydrogen-bond donors (Lipinski definition) is 3. The molecule has 0 bridgehead atoms. The molecule has 9 heteroatoms. The van der Waals surface area contributed by atoms with Crippen LogP contribution in [0.25, 0.3) is 0 Å². The SMILES string of the molecule is CC(C)(C)OCC(COc1ccccc1)OCC(COCC(=O)O)OCC(O)CO. The lowest BCUT2D eigenvalue weighted by Crippen LogP contribution is -2.37. The van der Waals surface area contributed by atoms with E-state index in [4.69, 9.17) is 33.9 Å². The summed E-state index contributed by atoms with van der Waals surface area (Å²) in [4.78, 5) is 10.7. The smallest absolute Gasteiger partial charge is 0.329 e. The fraction of sp³-hybridized carbons (Fsp3) is 0.667. The number of carboxylic acid groups (broad SMARTS) is 1. The molecule has 1 aromatic carbocycles. The van der Waals surface area contributed by atoms with E-state index in [2.05, 4.69) is 0 Å². The van der Waals surface area contributed by atoms with Crippen molar-refractivity contribution in [1.29, 1.82) is 0 Å². The molecule has 0 radical (unpaired) electrons. The molecule has 3 atom stereocenters. The molecular formula is C21H34O9. The number of ether oxygens (including phenoxy) is 5. The summed E-state index contributed by atoms with van der Waals surface area (Å²) in [6, 6.07) is 9.30. The van der Waals surface area contributed by atoms with Gasteiger partial charge in [0.05, 0.1) is 38.6 Å². The number of para-hydroxylation sites is 1. The van der Waals surface area contributed by atoms with Crippen molar-refractivity contribution in [2.24, 2.45) is 0 Å². The zero-order valence-electron chi connectivity index (χ0n) is 17.9. The zero-order valence-corrected chi connectivity index (χ0v) is 17.9. The van der Waals surface area contributed by atoms with E-state index in [9.17, 15) is 9.90 Å². The van der Waals surface area contributed by atoms with Gasteiger partial charge in [0, 0.05) is 0 Å². The fourth-order valence-corrected chi connectivity index (χ4v) is 2.16. The summed E-state index contributed by atoms with van der Waals surface area (Å²) in [6.45, 7) is 5.28. The van der Waals surface area contributed by atoms with Gasteiger partial charge >= 0.3 is 5.97 Å². The number of aliphatic carboxylic acids is 1. The molecule has 172 valence electrons. The maximum Gasteiger partial charge on any atom is 0.329 e. The molecule has 1 rings (SSSR count). The highest BCUT2D eigenvalue weighted by atomic mass is 16.6. The molecule has 3 N–H and O–H groups in total. The van der Waals surface area contributed by atoms with Crippen LogP contribution in [0.1, 0.15) is 20.8 Å². The molecule has 0 saturated heterocycles. The monoisotopic (exact) mass is 430 g/mol. The number of carbonyl (C=O) groups is 1. The summed E-state index contributed by atoms with van der Waals surface area (Å²) in [6.07, 6.45) is -2.11. The number of hydrogen-bond acceptors (Lipinski definition) is 8. The molecule has 0 aliphatic carbocycles. The highest BCUT2D eigenvalue weighted by Gasteiger charge is 2.20. The summed E-state index contributed by atoms with van der Waals surface area (Å²) in [7, 11) is 0. The minimum absolute atomic E-state index is 0.0448. The van der Waals surface area contributed by atoms with Crippen molar-refractivity contribution in [3.63, 3.8) is 0 Å². The number of benzene rings is 1. The van der Waals surface area contributed by atoms with Gasteiger partial charge in [0.25, 0.3) is 0 Å². The summed E-state index contributed by atoms with van der Waals surface area (Å²) in [5.41, 5.74) is -0.361. The maximum atomic E-state index is 10.7. The standard InChI is InChI=1S/C21H34O9/c1-21(2,3)30-14-19(13-28-17-7-5-4-6-8-17)29-12-18(11-26-15-20(24)25)27-10-16(23)9-22/h4-8,16,18-19,22-23H,9-15H2,1-3H3,(H,24,25). The Hall–Kier alpha value is -1.75. The first-order chi connectivity index (χ1) is 14.2. The second-order valence-corrected chi connectivity index (χ2v) is 7.70. The van der Waals surface area contributed by atoms with E-state index in [0.29, 0.717) is 5.75 Å². The Balaban J connectivity index is 2.63. The predicted molar refractivity (Wildman–Crippen MR) is 109 cm³/mol. The van der Waals surface area contributed by atoms with Crippen LogP contribution < -0.4 is 4.74 Å². The van der Waals surface area contributed by atoms with Crippen LogP contribution in [0.4, 0.5) is 0 Å². The number of aliphatic hydroxyl groups is 2. The first-order valence-corrected chi connectivity index (χ1v) is 9.83. The minimum atomic E-state index is -1.10. The van der Waals surface area contributed by atoms with Crippen molar-refractivity contribution in [3.8, 4) is 5.75 Å². The lowest BCUT2D eigenvalue weighted by atomic mass is 10.2. The molecule has 0 amide bonds. The van der Waals surface area contributed by atoms with Crippen LogP contribution in [0.5, 0.6) is 5.75 Å². The van der Waals surface area contributed by atoms with Crippen molar-refractivity contribution >= 4 is 5.97 Å². The lowest BCUT2D eigenvalue weighted by Gasteiger charge is -2.26. The molecule has 0 saturated carbocycles. The Morgan fingerprint density at radius 1 is 0.967 bits per heavy atom. The van der Waals surface area contributed by atoms with Crippen LogP contribution in [0, 0.1) is 0 Å². The molecule has 30 heavy (non-hydrogen) atoms. The molecular weight excluding hydrogens is 396 g/mol. The van der Waals surface area contributed by atoms with Gasteiger partial charge in [-0.3, -0.25) is 0 Å². The second kappa shape index (κ2) is 14.3. The zero-order chi connectivity index (χ0) is 22.4. The third kappa shape index (κ3) is 13.5. The highest BCUT2D eigenvalue weighted by molar-refractivity contribution is 5.67. The Kier molecular flexibility index (Phi) is 12.5. The Labute approximate surface area is 177 Å². The van der Waals surface area contributed by atoms with Crippen molar-refractivity contribution in [2.45, 2.75) is 44.7 Å². The van der Waals surface area contributed by atoms with Crippen molar-refractivity contribution in [1.82, 2.24) is 0 Å². The average Bonchev–Trinajstić information content (AvgIpc) is 2.70. The number of aliphatic hydroxyl groups excluding tert-OH is 2. The van der Waals surface area contributed by atoms with Gasteiger partial charge in [-0.25, -0.2) is 4.79 Å². The topological polar surface area (TPSA) is 124 Å². The van der Waals surface area contributed by atoms with Gasteiger partial charge in [-0.05, 0) is 32.9 Å². The molecule has 0 aliphatic heterocycles. The first kappa shape index (κ1) is 26.3. The van der Waals surface area contributed by atoms with Crippen LogP contribution in [-0.2, 0) is 23.7 Å². The fourth-order valence-electron chi connectivity index (χ4n) is 2.16. The summed E-state index contributed by atoms with van der Waals surface area (Å²) < 4.78 is 28.1. The van der Waals surface area contributed by atoms with Crippen molar-refractivity contribution in [2.75, 3.05) is 46.2 Å². The minimum Gasteiger partial charge on any atom is -0.491 e. The van der Waals surface area contributed by atoms with Gasteiger partial charge in [0.15, 0.2) is 0 Å². The van der Waals surface area contributed by atoms with Gasteiger partial charge < -0.3 is 39.0 Å². The third-order valence-corrected chi connectivity index (χ3v) is 3.66. The van der Waals surface area contributed by atoms with Crippen LogP contribution in [0.2, 0.25) is 0 Å². The van der Waals surface area contributed by atoms with Crippen molar-refractivity contribution in [3.05, 3.63) is 30.3 Å². The maximum absolute atomic E-state index is 10.7. The lowest BCUT2D eigenvalue weighted by molar-refractivity contribution is -0.148. The second-order valence-electron chi connectivity index (χ2n) is 7.70. The van der Waals surface area contributed by atoms with Crippen LogP contribution in [-0.4, -0.2) is 91.5 Å². The summed E-state index contributed by atoms with van der Waals surface area (Å²) >= 11 is 0. The molecule has 0 spiro atoms. The van der Waals surface area contributed by atoms with Gasteiger partial charge in [-0.1, -0.05) is 18.2 Å². The first-order valence-electron chi connectivity index (χ1n) is 9.83. The van der Waals surface area contributed by atoms with E-state index >= 15 is 0 Å². The molecule has 9 nitrogen and oxygen atoms in total. The Bertz CT molecular complexity index is 574. The normalized spacial score (nSPS) is 14.8. The quantitative estimate of drug-likeness (QED) is 0.354. The summed E-state index contributed by atoms with van der Waals surface area (Å²) in [5.74, 6) is -0.400. The average molecular weight is 430 g/mol. The molecule has 1 aromatic rings. The van der Waals surface area contributed by atoms with Crippen LogP contribution in [0.15, 0.2) is 30.3 Å². The molecule has 0 aliphatic rings. The van der Waals surface area contributed by atoms with E-state index in [0.717, 1.165) is 0 Å². The Morgan fingerprint density at radius 2 is 1.60 bits per heavy atom. The molecule has 0 fully saturated rings. The number of rotatable bonds is 16. The predicted octanol–water partition coefficient (Wildman–Crippen LogP) is 1.11. The van der Waals surface area contributed by atoms with Gasteiger partial charge in [-0.2, -0.15) is 0 Å². The third-order valence-electron chi connectivity index (χ3n) is 3.66. The van der Waals surface area contributed by atoms with Gasteiger partial charge in [0.1, 0.15) is 37.3 Å². The molecule has 0 aromatic heterocycles. The summed E-state index contributed by atoms with van der Waals surface area (Å²) in [5, 5.41) is 27.1. The number of carboxylic acids is 1. The van der Waals surface area contributed by atoms with E-state index < -0.39 is 37.5 Å². The van der Waals surface area contributed by atoms with E-state index in [1.54, 1.807) is 0 Å². The Morgan fingerprint density at radius 3 is 2.20 bits per heavy atom. The van der Waals surface area contributed by atoms with E-state index in [1.165, 1.54) is 0 Å². The van der Waals surface area contributed by atoms with E-state index in [-0.39, 0.29) is 38.6 Å². The van der Waals surface area contributed by atoms with Gasteiger partial charge in [-0.15, -0.1) is 0 Å². The molecule has 0 heterocycles. The van der Waals surface area contributed by atoms with Crippen LogP contribution in [0.3, 0.4) is 0 Å². The van der Waals surface area contributed by atoms with Crippen molar-refractivity contribution < 1.29 is 43.8 Å². The van der Waals surface area contributed by atoms with Crippen LogP contribution >= 0.6 is 0 Å². The van der Waals surface area contributed by atoms with Gasteiger partial charge in [0.2, 0.25) is 0 Å².